The lowest BCUT2D eigenvalue weighted by Gasteiger charge is -2.12. The Kier molecular flexibility index (Phi) is 2.88. The normalized spacial score (nSPS) is 12.7. The average molecular weight is 366 g/mol. The summed E-state index contributed by atoms with van der Waals surface area (Å²) in [7, 11) is 0. The third-order valence-corrected chi connectivity index (χ3v) is 6.62. The first-order chi connectivity index (χ1) is 14.4. The zero-order valence-electron chi connectivity index (χ0n) is 15.9. The molecule has 6 aromatic carbocycles. The Labute approximate surface area is 169 Å². The zero-order chi connectivity index (χ0) is 18.9. The minimum Gasteiger partial charge on any atom is -0.0616 e. The van der Waals surface area contributed by atoms with E-state index in [0.717, 1.165) is 6.42 Å². The second-order valence-corrected chi connectivity index (χ2v) is 8.18. The SMILES string of the molecule is c1ccc2c3c(ccc2c1)Cc1ccc2cc4c(ccc5ccccc54)cc2c1-3. The van der Waals surface area contributed by atoms with Crippen LogP contribution in [0, 0.1) is 0 Å². The van der Waals surface area contributed by atoms with Gasteiger partial charge in [-0.3, -0.25) is 0 Å². The summed E-state index contributed by atoms with van der Waals surface area (Å²) in [5.41, 5.74) is 5.77. The Morgan fingerprint density at radius 3 is 1.72 bits per heavy atom. The molecule has 29 heavy (non-hydrogen) atoms. The van der Waals surface area contributed by atoms with Gasteiger partial charge in [0.05, 0.1) is 0 Å². The Balaban J connectivity index is 1.64. The highest BCUT2D eigenvalue weighted by Gasteiger charge is 2.23. The molecular weight excluding hydrogens is 348 g/mol. The fraction of sp³-hybridized carbons (Fsp3) is 0.0345. The van der Waals surface area contributed by atoms with Crippen LogP contribution in [0.5, 0.6) is 0 Å². The van der Waals surface area contributed by atoms with Crippen LogP contribution in [0.1, 0.15) is 11.1 Å². The monoisotopic (exact) mass is 366 g/mol. The van der Waals surface area contributed by atoms with E-state index in [9.17, 15) is 0 Å². The molecule has 0 fully saturated rings. The van der Waals surface area contributed by atoms with E-state index in [2.05, 4.69) is 97.1 Å². The Morgan fingerprint density at radius 2 is 0.897 bits per heavy atom. The van der Waals surface area contributed by atoms with Gasteiger partial charge in [-0.25, -0.2) is 0 Å². The third kappa shape index (κ3) is 2.04. The Bertz CT molecular complexity index is 1620. The van der Waals surface area contributed by atoms with Crippen LogP contribution >= 0.6 is 0 Å². The molecule has 6 aromatic rings. The predicted octanol–water partition coefficient (Wildman–Crippen LogP) is 7.87. The molecule has 1 aliphatic carbocycles. The van der Waals surface area contributed by atoms with E-state index in [0.29, 0.717) is 0 Å². The number of fused-ring (bicyclic) bond motifs is 10. The maximum atomic E-state index is 2.41. The maximum absolute atomic E-state index is 2.41. The number of hydrogen-bond donors (Lipinski definition) is 0. The van der Waals surface area contributed by atoms with Gasteiger partial charge in [0.25, 0.3) is 0 Å². The lowest BCUT2D eigenvalue weighted by molar-refractivity contribution is 1.27. The number of benzene rings is 6. The summed E-state index contributed by atoms with van der Waals surface area (Å²) < 4.78 is 0. The van der Waals surface area contributed by atoms with Crippen LogP contribution in [0.4, 0.5) is 0 Å². The standard InChI is InChI=1S/C29H18/c1-3-7-24-18(5-1)9-11-20-17-27-21(16-26(20)24)12-14-23-15-22-13-10-19-6-2-4-8-25(19)28(22)29(23)27/h1-14,16-17H,15H2. The minimum atomic E-state index is 1.03. The topological polar surface area (TPSA) is 0 Å². The highest BCUT2D eigenvalue weighted by atomic mass is 14.3. The molecule has 0 spiro atoms. The lowest BCUT2D eigenvalue weighted by atomic mass is 9.91. The average Bonchev–Trinajstić information content (AvgIpc) is 3.17. The van der Waals surface area contributed by atoms with Gasteiger partial charge < -0.3 is 0 Å². The van der Waals surface area contributed by atoms with Gasteiger partial charge in [-0.15, -0.1) is 0 Å². The minimum absolute atomic E-state index is 1.03. The predicted molar refractivity (Wildman–Crippen MR) is 125 cm³/mol. The van der Waals surface area contributed by atoms with Crippen molar-refractivity contribution in [3.05, 3.63) is 108 Å². The van der Waals surface area contributed by atoms with Crippen molar-refractivity contribution in [3.63, 3.8) is 0 Å². The van der Waals surface area contributed by atoms with E-state index in [4.69, 9.17) is 0 Å². The molecule has 0 atom stereocenters. The summed E-state index contributed by atoms with van der Waals surface area (Å²) in [4.78, 5) is 0. The van der Waals surface area contributed by atoms with Gasteiger partial charge >= 0.3 is 0 Å². The molecule has 0 unspecified atom stereocenters. The zero-order valence-corrected chi connectivity index (χ0v) is 15.9. The molecule has 7 rings (SSSR count). The first-order valence-electron chi connectivity index (χ1n) is 10.2. The fourth-order valence-corrected chi connectivity index (χ4v) is 5.28. The van der Waals surface area contributed by atoms with Crippen LogP contribution in [0.2, 0.25) is 0 Å². The van der Waals surface area contributed by atoms with E-state index >= 15 is 0 Å². The largest absolute Gasteiger partial charge is 0.0616 e. The molecule has 0 N–H and O–H groups in total. The molecule has 0 radical (unpaired) electrons. The summed E-state index contributed by atoms with van der Waals surface area (Å²) in [6.07, 6.45) is 1.03. The summed E-state index contributed by atoms with van der Waals surface area (Å²) in [5.74, 6) is 0. The van der Waals surface area contributed by atoms with E-state index in [1.165, 1.54) is 65.3 Å². The molecule has 0 bridgehead atoms. The molecule has 0 saturated carbocycles. The fourth-order valence-electron chi connectivity index (χ4n) is 5.28. The Hall–Kier alpha value is -3.64. The summed E-state index contributed by atoms with van der Waals surface area (Å²) in [6, 6.07) is 36.0. The van der Waals surface area contributed by atoms with Gasteiger partial charge in [0.15, 0.2) is 0 Å². The van der Waals surface area contributed by atoms with Crippen molar-refractivity contribution in [2.45, 2.75) is 6.42 Å². The molecule has 0 saturated heterocycles. The van der Waals surface area contributed by atoms with Crippen molar-refractivity contribution >= 4 is 43.1 Å². The smallest absolute Gasteiger partial charge is 0.00130 e. The first-order valence-corrected chi connectivity index (χ1v) is 10.2. The van der Waals surface area contributed by atoms with E-state index in [1.807, 2.05) is 0 Å². The van der Waals surface area contributed by atoms with Gasteiger partial charge in [-0.2, -0.15) is 0 Å². The molecule has 1 aliphatic rings. The number of rotatable bonds is 0. The molecule has 0 aliphatic heterocycles. The van der Waals surface area contributed by atoms with Crippen LogP contribution in [-0.2, 0) is 6.42 Å². The van der Waals surface area contributed by atoms with Crippen LogP contribution in [0.25, 0.3) is 54.2 Å². The molecule has 134 valence electrons. The highest BCUT2D eigenvalue weighted by molar-refractivity contribution is 6.16. The summed E-state index contributed by atoms with van der Waals surface area (Å²) in [6.45, 7) is 0. The highest BCUT2D eigenvalue weighted by Crippen LogP contribution is 2.46. The number of hydrogen-bond acceptors (Lipinski definition) is 0. The molecule has 0 heteroatoms. The second kappa shape index (κ2) is 5.46. The van der Waals surface area contributed by atoms with Crippen molar-refractivity contribution in [2.24, 2.45) is 0 Å². The van der Waals surface area contributed by atoms with Gasteiger partial charge in [0, 0.05) is 0 Å². The van der Waals surface area contributed by atoms with E-state index < -0.39 is 0 Å². The maximum Gasteiger partial charge on any atom is -0.00130 e. The van der Waals surface area contributed by atoms with Gasteiger partial charge in [-0.05, 0) is 83.9 Å². The molecular formula is C29H18. The Morgan fingerprint density at radius 1 is 0.379 bits per heavy atom. The first kappa shape index (κ1) is 15.3. The van der Waals surface area contributed by atoms with E-state index in [-0.39, 0.29) is 0 Å². The van der Waals surface area contributed by atoms with Crippen molar-refractivity contribution < 1.29 is 0 Å². The van der Waals surface area contributed by atoms with Crippen molar-refractivity contribution in [1.82, 2.24) is 0 Å². The van der Waals surface area contributed by atoms with Crippen LogP contribution < -0.4 is 0 Å². The molecule has 0 amide bonds. The van der Waals surface area contributed by atoms with Gasteiger partial charge in [-0.1, -0.05) is 84.9 Å². The van der Waals surface area contributed by atoms with Crippen molar-refractivity contribution in [3.8, 4) is 11.1 Å². The van der Waals surface area contributed by atoms with Gasteiger partial charge in [0.2, 0.25) is 0 Å². The van der Waals surface area contributed by atoms with Crippen molar-refractivity contribution in [2.75, 3.05) is 0 Å². The lowest BCUT2D eigenvalue weighted by Crippen LogP contribution is -1.86. The van der Waals surface area contributed by atoms with Crippen LogP contribution in [0.3, 0.4) is 0 Å². The summed E-state index contributed by atoms with van der Waals surface area (Å²) >= 11 is 0. The summed E-state index contributed by atoms with van der Waals surface area (Å²) in [5, 5.41) is 10.7. The van der Waals surface area contributed by atoms with Gasteiger partial charge in [0.1, 0.15) is 0 Å². The quantitative estimate of drug-likeness (QED) is 0.189. The van der Waals surface area contributed by atoms with Crippen LogP contribution in [0.15, 0.2) is 97.1 Å². The third-order valence-electron chi connectivity index (χ3n) is 6.62. The van der Waals surface area contributed by atoms with Crippen LogP contribution in [-0.4, -0.2) is 0 Å². The second-order valence-electron chi connectivity index (χ2n) is 8.18. The molecule has 0 aromatic heterocycles. The van der Waals surface area contributed by atoms with E-state index in [1.54, 1.807) is 0 Å². The molecule has 0 heterocycles. The molecule has 0 nitrogen and oxygen atoms in total. The van der Waals surface area contributed by atoms with Crippen molar-refractivity contribution in [1.29, 1.82) is 0 Å².